The van der Waals surface area contributed by atoms with Crippen molar-refractivity contribution < 1.29 is 0 Å². The zero-order valence-corrected chi connectivity index (χ0v) is 12.7. The Bertz CT molecular complexity index is 773. The lowest BCUT2D eigenvalue weighted by molar-refractivity contribution is 0.938. The van der Waals surface area contributed by atoms with Crippen molar-refractivity contribution in [2.75, 3.05) is 18.0 Å². The fourth-order valence-electron chi connectivity index (χ4n) is 2.70. The van der Waals surface area contributed by atoms with Crippen molar-refractivity contribution in [3.8, 4) is 10.6 Å². The lowest BCUT2D eigenvalue weighted by atomic mass is 10.3. The van der Waals surface area contributed by atoms with Crippen LogP contribution in [0.1, 0.15) is 18.5 Å². The third kappa shape index (κ3) is 2.38. The van der Waals surface area contributed by atoms with Crippen LogP contribution < -0.4 is 4.90 Å². The molecule has 5 heteroatoms. The Morgan fingerprint density at radius 1 is 1.10 bits per heavy atom. The van der Waals surface area contributed by atoms with E-state index >= 15 is 0 Å². The molecule has 0 bridgehead atoms. The van der Waals surface area contributed by atoms with Crippen LogP contribution >= 0.6 is 11.3 Å². The average Bonchev–Trinajstić information content (AvgIpc) is 3.16. The number of fused-ring (bicyclic) bond motifs is 1. The van der Waals surface area contributed by atoms with Gasteiger partial charge in [-0.3, -0.25) is 4.98 Å². The normalized spacial score (nSPS) is 15.0. The molecule has 0 N–H and O–H groups in total. The van der Waals surface area contributed by atoms with Gasteiger partial charge in [-0.25, -0.2) is 9.97 Å². The highest BCUT2D eigenvalue weighted by Gasteiger charge is 2.14. The Morgan fingerprint density at radius 3 is 2.71 bits per heavy atom. The Hall–Kier alpha value is -2.01. The molecule has 4 nitrogen and oxygen atoms in total. The Balaban J connectivity index is 1.67. The average molecular weight is 296 g/mol. The molecule has 0 aromatic carbocycles. The molecular formula is C16H16N4S. The molecule has 4 rings (SSSR count). The van der Waals surface area contributed by atoms with Crippen LogP contribution in [0.4, 0.5) is 5.82 Å². The van der Waals surface area contributed by atoms with Crippen LogP contribution in [0, 0.1) is 6.92 Å². The number of rotatable bonds is 2. The van der Waals surface area contributed by atoms with Crippen LogP contribution in [0.3, 0.4) is 0 Å². The number of pyridine rings is 2. The highest BCUT2D eigenvalue weighted by Crippen LogP contribution is 2.30. The lowest BCUT2D eigenvalue weighted by Crippen LogP contribution is -2.18. The number of aryl methyl sites for hydroxylation is 1. The van der Waals surface area contributed by atoms with E-state index in [1.165, 1.54) is 17.5 Å². The van der Waals surface area contributed by atoms with E-state index in [-0.39, 0.29) is 0 Å². The van der Waals surface area contributed by atoms with Gasteiger partial charge in [0.2, 0.25) is 0 Å². The first kappa shape index (κ1) is 12.7. The van der Waals surface area contributed by atoms with Gasteiger partial charge in [-0.1, -0.05) is 0 Å². The summed E-state index contributed by atoms with van der Waals surface area (Å²) in [5.41, 5.74) is 3.07. The van der Waals surface area contributed by atoms with E-state index in [2.05, 4.69) is 38.1 Å². The summed E-state index contributed by atoms with van der Waals surface area (Å²) in [6.45, 7) is 4.25. The van der Waals surface area contributed by atoms with Crippen LogP contribution in [0.15, 0.2) is 30.6 Å². The van der Waals surface area contributed by atoms with E-state index in [0.29, 0.717) is 0 Å². The van der Waals surface area contributed by atoms with Gasteiger partial charge in [0.1, 0.15) is 16.3 Å². The molecule has 3 aromatic rings. The molecule has 3 aromatic heterocycles. The highest BCUT2D eigenvalue weighted by molar-refractivity contribution is 7.21. The van der Waals surface area contributed by atoms with Crippen molar-refractivity contribution in [1.29, 1.82) is 0 Å². The molecule has 0 saturated carbocycles. The molecule has 1 fully saturated rings. The van der Waals surface area contributed by atoms with Crippen molar-refractivity contribution in [3.63, 3.8) is 0 Å². The van der Waals surface area contributed by atoms with E-state index < -0.39 is 0 Å². The maximum absolute atomic E-state index is 4.65. The second kappa shape index (κ2) is 5.07. The van der Waals surface area contributed by atoms with Gasteiger partial charge in [-0.05, 0) is 38.0 Å². The predicted molar refractivity (Wildman–Crippen MR) is 86.8 cm³/mol. The molecule has 1 aliphatic heterocycles. The van der Waals surface area contributed by atoms with Gasteiger partial charge < -0.3 is 4.90 Å². The fourth-order valence-corrected chi connectivity index (χ4v) is 3.72. The van der Waals surface area contributed by atoms with Crippen LogP contribution in [-0.4, -0.2) is 28.0 Å². The van der Waals surface area contributed by atoms with Crippen molar-refractivity contribution in [1.82, 2.24) is 15.0 Å². The first-order valence-corrected chi connectivity index (χ1v) is 8.06. The third-order valence-corrected chi connectivity index (χ3v) is 4.90. The number of nitrogens with zero attached hydrogens (tertiary/aromatic N) is 4. The molecule has 0 amide bonds. The van der Waals surface area contributed by atoms with Crippen LogP contribution in [-0.2, 0) is 0 Å². The second-order valence-corrected chi connectivity index (χ2v) is 6.44. The molecule has 1 aliphatic rings. The van der Waals surface area contributed by atoms with Gasteiger partial charge in [-0.15, -0.1) is 11.3 Å². The van der Waals surface area contributed by atoms with Gasteiger partial charge in [0.15, 0.2) is 0 Å². The topological polar surface area (TPSA) is 41.9 Å². The first-order valence-electron chi connectivity index (χ1n) is 7.24. The van der Waals surface area contributed by atoms with Gasteiger partial charge >= 0.3 is 0 Å². The number of aromatic nitrogens is 3. The van der Waals surface area contributed by atoms with Crippen LogP contribution in [0.2, 0.25) is 0 Å². The third-order valence-electron chi connectivity index (χ3n) is 3.84. The summed E-state index contributed by atoms with van der Waals surface area (Å²) >= 11 is 1.70. The minimum Gasteiger partial charge on any atom is -0.357 e. The smallest absolute Gasteiger partial charge is 0.128 e. The number of hydrogen-bond acceptors (Lipinski definition) is 5. The second-order valence-electron chi connectivity index (χ2n) is 5.41. The quantitative estimate of drug-likeness (QED) is 0.723. The zero-order chi connectivity index (χ0) is 14.2. The van der Waals surface area contributed by atoms with E-state index in [9.17, 15) is 0 Å². The summed E-state index contributed by atoms with van der Waals surface area (Å²) in [4.78, 5) is 15.9. The standard InChI is InChI=1S/C16H16N4S/c1-11-8-14-13(10-17-11)19-16(21-14)12-4-5-15(18-9-12)20-6-2-3-7-20/h4-5,8-10H,2-3,6-7H2,1H3. The van der Waals surface area contributed by atoms with Crippen molar-refractivity contribution in [2.24, 2.45) is 0 Å². The summed E-state index contributed by atoms with van der Waals surface area (Å²) < 4.78 is 1.18. The van der Waals surface area contributed by atoms with E-state index in [0.717, 1.165) is 40.7 Å². The summed E-state index contributed by atoms with van der Waals surface area (Å²) in [5.74, 6) is 1.08. The summed E-state index contributed by atoms with van der Waals surface area (Å²) in [6.07, 6.45) is 6.32. The molecule has 4 heterocycles. The van der Waals surface area contributed by atoms with E-state index in [1.54, 1.807) is 11.3 Å². The van der Waals surface area contributed by atoms with Crippen molar-refractivity contribution in [2.45, 2.75) is 19.8 Å². The maximum Gasteiger partial charge on any atom is 0.128 e. The monoisotopic (exact) mass is 296 g/mol. The van der Waals surface area contributed by atoms with Gasteiger partial charge in [-0.2, -0.15) is 0 Å². The van der Waals surface area contributed by atoms with E-state index in [4.69, 9.17) is 0 Å². The molecule has 21 heavy (non-hydrogen) atoms. The minimum atomic E-state index is 0.962. The number of anilines is 1. The van der Waals surface area contributed by atoms with Crippen LogP contribution in [0.5, 0.6) is 0 Å². The van der Waals surface area contributed by atoms with Gasteiger partial charge in [0.25, 0.3) is 0 Å². The van der Waals surface area contributed by atoms with Crippen molar-refractivity contribution in [3.05, 3.63) is 36.3 Å². The summed E-state index contributed by atoms with van der Waals surface area (Å²) in [7, 11) is 0. The Labute approximate surface area is 127 Å². The van der Waals surface area contributed by atoms with Gasteiger partial charge in [0.05, 0.1) is 10.9 Å². The minimum absolute atomic E-state index is 0.962. The molecule has 106 valence electrons. The molecule has 1 saturated heterocycles. The molecule has 0 radical (unpaired) electrons. The summed E-state index contributed by atoms with van der Waals surface area (Å²) in [5, 5.41) is 1.01. The SMILES string of the molecule is Cc1cc2sc(-c3ccc(N4CCCC4)nc3)nc2cn1. The van der Waals surface area contributed by atoms with Crippen molar-refractivity contribution >= 4 is 27.4 Å². The predicted octanol–water partition coefficient (Wildman–Crippen LogP) is 3.66. The summed E-state index contributed by atoms with van der Waals surface area (Å²) in [6, 6.07) is 6.32. The fraction of sp³-hybridized carbons (Fsp3) is 0.312. The number of hydrogen-bond donors (Lipinski definition) is 0. The number of thiazole rings is 1. The first-order chi connectivity index (χ1) is 10.3. The Morgan fingerprint density at radius 2 is 1.95 bits per heavy atom. The lowest BCUT2D eigenvalue weighted by Gasteiger charge is -2.15. The molecule has 0 spiro atoms. The highest BCUT2D eigenvalue weighted by atomic mass is 32.1. The maximum atomic E-state index is 4.65. The van der Waals surface area contributed by atoms with Gasteiger partial charge in [0, 0.05) is 30.5 Å². The molecular weight excluding hydrogens is 280 g/mol. The molecule has 0 atom stereocenters. The largest absolute Gasteiger partial charge is 0.357 e. The molecule has 0 aliphatic carbocycles. The Kier molecular flexibility index (Phi) is 3.07. The zero-order valence-electron chi connectivity index (χ0n) is 11.9. The molecule has 0 unspecified atom stereocenters. The van der Waals surface area contributed by atoms with E-state index in [1.807, 2.05) is 19.3 Å². The van der Waals surface area contributed by atoms with Crippen LogP contribution in [0.25, 0.3) is 20.8 Å².